The van der Waals surface area contributed by atoms with Crippen LogP contribution in [0, 0.1) is 0 Å². The van der Waals surface area contributed by atoms with E-state index in [1.807, 2.05) is 34.9 Å². The highest BCUT2D eigenvalue weighted by Crippen LogP contribution is 2.18. The third kappa shape index (κ3) is 3.12. The molecular formula is C16H19N3O3. The van der Waals surface area contributed by atoms with Crippen molar-refractivity contribution in [1.29, 1.82) is 0 Å². The van der Waals surface area contributed by atoms with E-state index in [0.717, 1.165) is 17.0 Å². The summed E-state index contributed by atoms with van der Waals surface area (Å²) in [7, 11) is 0. The number of carbonyl (C=O) groups excluding carboxylic acids is 1. The normalized spacial score (nSPS) is 13.8. The molecule has 0 radical (unpaired) electrons. The van der Waals surface area contributed by atoms with Crippen LogP contribution in [-0.2, 0) is 30.9 Å². The van der Waals surface area contributed by atoms with Gasteiger partial charge in [0.05, 0.1) is 30.9 Å². The van der Waals surface area contributed by atoms with Gasteiger partial charge in [-0.25, -0.2) is 9.78 Å². The second-order valence-electron chi connectivity index (χ2n) is 5.27. The van der Waals surface area contributed by atoms with Crippen molar-refractivity contribution >= 4 is 6.09 Å². The number of fused-ring (bicyclic) bond motifs is 1. The number of rotatable bonds is 4. The van der Waals surface area contributed by atoms with Crippen molar-refractivity contribution in [3.63, 3.8) is 0 Å². The standard InChI is InChI=1S/C16H19N3O3/c20-9-8-19-12-17-14-6-7-18(10-15(14)19)16(21)22-11-13-4-2-1-3-5-13/h1-5,12,20H,6-11H2. The molecule has 1 aliphatic heterocycles. The molecule has 1 aromatic carbocycles. The van der Waals surface area contributed by atoms with E-state index in [-0.39, 0.29) is 19.3 Å². The number of aromatic nitrogens is 2. The lowest BCUT2D eigenvalue weighted by molar-refractivity contribution is 0.0906. The van der Waals surface area contributed by atoms with Crippen LogP contribution in [0.2, 0.25) is 0 Å². The lowest BCUT2D eigenvalue weighted by atomic mass is 10.1. The van der Waals surface area contributed by atoms with Crippen LogP contribution in [0.25, 0.3) is 0 Å². The van der Waals surface area contributed by atoms with Crippen molar-refractivity contribution in [2.24, 2.45) is 0 Å². The van der Waals surface area contributed by atoms with E-state index < -0.39 is 0 Å². The van der Waals surface area contributed by atoms with Gasteiger partial charge < -0.3 is 19.3 Å². The van der Waals surface area contributed by atoms with Crippen LogP contribution >= 0.6 is 0 Å². The Morgan fingerprint density at radius 1 is 1.32 bits per heavy atom. The molecule has 6 nitrogen and oxygen atoms in total. The van der Waals surface area contributed by atoms with Gasteiger partial charge in [-0.1, -0.05) is 30.3 Å². The SMILES string of the molecule is O=C(OCc1ccccc1)N1CCc2ncn(CCO)c2C1. The lowest BCUT2D eigenvalue weighted by Gasteiger charge is -2.26. The number of hydrogen-bond acceptors (Lipinski definition) is 4. The summed E-state index contributed by atoms with van der Waals surface area (Å²) in [5.41, 5.74) is 2.95. The molecule has 0 spiro atoms. The van der Waals surface area contributed by atoms with Crippen LogP contribution < -0.4 is 0 Å². The summed E-state index contributed by atoms with van der Waals surface area (Å²) in [6.07, 6.45) is 2.12. The maximum absolute atomic E-state index is 12.2. The predicted octanol–water partition coefficient (Wildman–Crippen LogP) is 1.57. The number of amides is 1. The molecule has 2 aromatic rings. The molecule has 1 aromatic heterocycles. The minimum absolute atomic E-state index is 0.0568. The largest absolute Gasteiger partial charge is 0.445 e. The third-order valence-electron chi connectivity index (χ3n) is 3.80. The first-order valence-electron chi connectivity index (χ1n) is 7.37. The number of aliphatic hydroxyl groups excluding tert-OH is 1. The molecule has 116 valence electrons. The quantitative estimate of drug-likeness (QED) is 0.931. The number of benzene rings is 1. The molecule has 0 unspecified atom stereocenters. The van der Waals surface area contributed by atoms with Crippen LogP contribution in [0.4, 0.5) is 4.79 Å². The molecule has 1 aliphatic rings. The van der Waals surface area contributed by atoms with Crippen molar-refractivity contribution < 1.29 is 14.6 Å². The van der Waals surface area contributed by atoms with E-state index in [0.29, 0.717) is 26.1 Å². The van der Waals surface area contributed by atoms with Crippen LogP contribution in [0.15, 0.2) is 36.7 Å². The second kappa shape index (κ2) is 6.62. The second-order valence-corrected chi connectivity index (χ2v) is 5.27. The molecule has 0 atom stereocenters. The molecule has 3 rings (SSSR count). The molecule has 1 amide bonds. The fourth-order valence-electron chi connectivity index (χ4n) is 2.61. The molecule has 0 saturated carbocycles. The molecule has 6 heteroatoms. The Balaban J connectivity index is 1.61. The summed E-state index contributed by atoms with van der Waals surface area (Å²) in [6.45, 7) is 1.91. The molecule has 0 fully saturated rings. The van der Waals surface area contributed by atoms with Gasteiger partial charge in [0, 0.05) is 19.5 Å². The predicted molar refractivity (Wildman–Crippen MR) is 80.1 cm³/mol. The highest BCUT2D eigenvalue weighted by Gasteiger charge is 2.25. The molecule has 0 bridgehead atoms. The molecule has 1 N–H and O–H groups in total. The average molecular weight is 301 g/mol. The van der Waals surface area contributed by atoms with E-state index >= 15 is 0 Å². The van der Waals surface area contributed by atoms with Crippen molar-refractivity contribution in [2.45, 2.75) is 26.1 Å². The number of hydrogen-bond donors (Lipinski definition) is 1. The first-order chi connectivity index (χ1) is 10.8. The minimum Gasteiger partial charge on any atom is -0.445 e. The van der Waals surface area contributed by atoms with Gasteiger partial charge >= 0.3 is 6.09 Å². The number of nitrogens with zero attached hydrogens (tertiary/aromatic N) is 3. The van der Waals surface area contributed by atoms with E-state index in [1.54, 1.807) is 11.2 Å². The Kier molecular flexibility index (Phi) is 4.39. The van der Waals surface area contributed by atoms with Crippen molar-refractivity contribution in [1.82, 2.24) is 14.5 Å². The van der Waals surface area contributed by atoms with Gasteiger partial charge in [0.2, 0.25) is 0 Å². The highest BCUT2D eigenvalue weighted by atomic mass is 16.6. The van der Waals surface area contributed by atoms with Crippen molar-refractivity contribution in [2.75, 3.05) is 13.2 Å². The van der Waals surface area contributed by atoms with Gasteiger partial charge in [-0.15, -0.1) is 0 Å². The van der Waals surface area contributed by atoms with Crippen molar-refractivity contribution in [3.8, 4) is 0 Å². The average Bonchev–Trinajstić information content (AvgIpc) is 2.96. The van der Waals surface area contributed by atoms with E-state index in [2.05, 4.69) is 4.98 Å². The van der Waals surface area contributed by atoms with Crippen LogP contribution in [0.1, 0.15) is 17.0 Å². The zero-order valence-electron chi connectivity index (χ0n) is 12.3. The first-order valence-corrected chi connectivity index (χ1v) is 7.37. The Morgan fingerprint density at radius 3 is 2.91 bits per heavy atom. The van der Waals surface area contributed by atoms with Gasteiger partial charge in [0.15, 0.2) is 0 Å². The monoisotopic (exact) mass is 301 g/mol. The number of imidazole rings is 1. The van der Waals surface area contributed by atoms with E-state index in [9.17, 15) is 4.79 Å². The Labute approximate surface area is 129 Å². The Hall–Kier alpha value is -2.34. The highest BCUT2D eigenvalue weighted by molar-refractivity contribution is 5.68. The molecular weight excluding hydrogens is 282 g/mol. The number of carbonyl (C=O) groups is 1. The topological polar surface area (TPSA) is 67.6 Å². The maximum atomic E-state index is 12.2. The third-order valence-corrected chi connectivity index (χ3v) is 3.80. The van der Waals surface area contributed by atoms with Crippen LogP contribution in [-0.4, -0.2) is 38.8 Å². The Morgan fingerprint density at radius 2 is 2.14 bits per heavy atom. The molecule has 2 heterocycles. The smallest absolute Gasteiger partial charge is 0.410 e. The van der Waals surface area contributed by atoms with Crippen LogP contribution in [0.5, 0.6) is 0 Å². The molecule has 22 heavy (non-hydrogen) atoms. The van der Waals surface area contributed by atoms with Gasteiger partial charge in [0.1, 0.15) is 6.61 Å². The van der Waals surface area contributed by atoms with Crippen LogP contribution in [0.3, 0.4) is 0 Å². The summed E-state index contributed by atoms with van der Waals surface area (Å²) in [4.78, 5) is 18.2. The number of ether oxygens (including phenoxy) is 1. The zero-order valence-corrected chi connectivity index (χ0v) is 12.3. The zero-order chi connectivity index (χ0) is 15.4. The first kappa shape index (κ1) is 14.6. The summed E-state index contributed by atoms with van der Waals surface area (Å²) in [5.74, 6) is 0. The maximum Gasteiger partial charge on any atom is 0.410 e. The molecule has 0 saturated heterocycles. The van der Waals surface area contributed by atoms with Crippen molar-refractivity contribution in [3.05, 3.63) is 53.6 Å². The van der Waals surface area contributed by atoms with Gasteiger partial charge in [0.25, 0.3) is 0 Å². The van der Waals surface area contributed by atoms with Gasteiger partial charge in [-0.3, -0.25) is 0 Å². The summed E-state index contributed by atoms with van der Waals surface area (Å²) >= 11 is 0. The fourth-order valence-corrected chi connectivity index (χ4v) is 2.61. The van der Waals surface area contributed by atoms with Gasteiger partial charge in [-0.05, 0) is 5.56 Å². The fraction of sp³-hybridized carbons (Fsp3) is 0.375. The van der Waals surface area contributed by atoms with E-state index in [1.165, 1.54) is 0 Å². The Bertz CT molecular complexity index is 639. The minimum atomic E-state index is -0.314. The summed E-state index contributed by atoms with van der Waals surface area (Å²) in [5, 5.41) is 9.07. The van der Waals surface area contributed by atoms with E-state index in [4.69, 9.17) is 9.84 Å². The van der Waals surface area contributed by atoms with Gasteiger partial charge in [-0.2, -0.15) is 0 Å². The summed E-state index contributed by atoms with van der Waals surface area (Å²) < 4.78 is 7.26. The lowest BCUT2D eigenvalue weighted by Crippen LogP contribution is -2.37. The summed E-state index contributed by atoms with van der Waals surface area (Å²) in [6, 6.07) is 9.63. The molecule has 0 aliphatic carbocycles. The number of aliphatic hydroxyl groups is 1.